The Balaban J connectivity index is 2.27. The molecule has 114 valence electrons. The number of rotatable bonds is 4. The summed E-state index contributed by atoms with van der Waals surface area (Å²) < 4.78 is 0. The monoisotopic (exact) mass is 299 g/mol. The van der Waals surface area contributed by atoms with Crippen molar-refractivity contribution in [3.8, 4) is 6.07 Å². The third-order valence-corrected chi connectivity index (χ3v) is 3.69. The number of para-hydroxylation sites is 1. The van der Waals surface area contributed by atoms with Gasteiger partial charge in [-0.2, -0.15) is 5.26 Å². The van der Waals surface area contributed by atoms with Gasteiger partial charge in [0.25, 0.3) is 0 Å². The highest BCUT2D eigenvalue weighted by molar-refractivity contribution is 6.09. The summed E-state index contributed by atoms with van der Waals surface area (Å²) in [5.41, 5.74) is 1.68. The van der Waals surface area contributed by atoms with Gasteiger partial charge in [-0.25, -0.2) is 0 Å². The molecule has 0 spiro atoms. The van der Waals surface area contributed by atoms with E-state index in [2.05, 4.69) is 5.32 Å². The second kappa shape index (κ2) is 6.85. The summed E-state index contributed by atoms with van der Waals surface area (Å²) in [5, 5.41) is 11.3. The zero-order chi connectivity index (χ0) is 16.1. The highest BCUT2D eigenvalue weighted by Gasteiger charge is 2.30. The zero-order valence-electron chi connectivity index (χ0n) is 12.3. The SMILES string of the molecule is CNC(=O)C(C#N)C(=O)CN1C(=O)CCCc2ccccc21. The molecule has 22 heavy (non-hydrogen) atoms. The van der Waals surface area contributed by atoms with Crippen LogP contribution < -0.4 is 10.2 Å². The molecule has 1 unspecified atom stereocenters. The molecule has 2 amide bonds. The Morgan fingerprint density at radius 2 is 2.09 bits per heavy atom. The maximum absolute atomic E-state index is 12.3. The third-order valence-electron chi connectivity index (χ3n) is 3.69. The fourth-order valence-electron chi connectivity index (χ4n) is 2.53. The molecule has 1 aromatic carbocycles. The summed E-state index contributed by atoms with van der Waals surface area (Å²) in [6.07, 6.45) is 1.83. The van der Waals surface area contributed by atoms with Gasteiger partial charge >= 0.3 is 0 Å². The first-order valence-corrected chi connectivity index (χ1v) is 7.10. The van der Waals surface area contributed by atoms with Crippen LogP contribution in [0.25, 0.3) is 0 Å². The third kappa shape index (κ3) is 3.14. The van der Waals surface area contributed by atoms with E-state index in [1.54, 1.807) is 18.2 Å². The summed E-state index contributed by atoms with van der Waals surface area (Å²) in [5.74, 6) is -2.78. The van der Waals surface area contributed by atoms with Gasteiger partial charge in [-0.05, 0) is 24.5 Å². The van der Waals surface area contributed by atoms with Gasteiger partial charge in [-0.15, -0.1) is 0 Å². The summed E-state index contributed by atoms with van der Waals surface area (Å²) in [4.78, 5) is 37.4. The molecule has 0 fully saturated rings. The van der Waals surface area contributed by atoms with Crippen LogP contribution in [-0.2, 0) is 20.8 Å². The van der Waals surface area contributed by atoms with Gasteiger partial charge in [-0.3, -0.25) is 14.4 Å². The molecule has 1 N–H and O–H groups in total. The fourth-order valence-corrected chi connectivity index (χ4v) is 2.53. The van der Waals surface area contributed by atoms with Gasteiger partial charge in [0.2, 0.25) is 11.8 Å². The van der Waals surface area contributed by atoms with Crippen molar-refractivity contribution in [1.29, 1.82) is 5.26 Å². The van der Waals surface area contributed by atoms with Crippen molar-refractivity contribution in [3.05, 3.63) is 29.8 Å². The largest absolute Gasteiger partial charge is 0.358 e. The summed E-state index contributed by atoms with van der Waals surface area (Å²) >= 11 is 0. The minimum absolute atomic E-state index is 0.160. The second-order valence-electron chi connectivity index (χ2n) is 5.10. The number of Topliss-reactive ketones (excluding diaryl/α,β-unsaturated/α-hetero) is 1. The molecule has 6 nitrogen and oxygen atoms in total. The molecule has 0 saturated heterocycles. The minimum Gasteiger partial charge on any atom is -0.358 e. The van der Waals surface area contributed by atoms with Crippen molar-refractivity contribution in [1.82, 2.24) is 5.32 Å². The average Bonchev–Trinajstić information content (AvgIpc) is 2.68. The first kappa shape index (κ1) is 15.7. The number of hydrogen-bond donors (Lipinski definition) is 1. The topological polar surface area (TPSA) is 90.3 Å². The lowest BCUT2D eigenvalue weighted by Crippen LogP contribution is -2.41. The number of anilines is 1. The van der Waals surface area contributed by atoms with Gasteiger partial charge in [0.1, 0.15) is 0 Å². The second-order valence-corrected chi connectivity index (χ2v) is 5.10. The summed E-state index contributed by atoms with van der Waals surface area (Å²) in [7, 11) is 1.37. The van der Waals surface area contributed by atoms with Crippen molar-refractivity contribution in [3.63, 3.8) is 0 Å². The molecule has 0 radical (unpaired) electrons. The standard InChI is InChI=1S/C16H17N3O3/c1-18-16(22)12(9-17)14(20)10-19-13-7-3-2-5-11(13)6-4-8-15(19)21/h2-3,5,7,12H,4,6,8,10H2,1H3,(H,18,22). The van der Waals surface area contributed by atoms with E-state index in [4.69, 9.17) is 5.26 Å². The fraction of sp³-hybridized carbons (Fsp3) is 0.375. The van der Waals surface area contributed by atoms with E-state index in [1.807, 2.05) is 12.1 Å². The molecule has 0 aromatic heterocycles. The van der Waals surface area contributed by atoms with Crippen LogP contribution in [0.5, 0.6) is 0 Å². The van der Waals surface area contributed by atoms with Crippen LogP contribution in [0.1, 0.15) is 18.4 Å². The highest BCUT2D eigenvalue weighted by Crippen LogP contribution is 2.26. The summed E-state index contributed by atoms with van der Waals surface area (Å²) in [6.45, 7) is -0.262. The molecule has 0 bridgehead atoms. The minimum atomic E-state index is -1.40. The van der Waals surface area contributed by atoms with E-state index in [0.717, 1.165) is 18.4 Å². The number of hydrogen-bond acceptors (Lipinski definition) is 4. The maximum Gasteiger partial charge on any atom is 0.244 e. The molecule has 1 atom stereocenters. The first-order valence-electron chi connectivity index (χ1n) is 7.10. The van der Waals surface area contributed by atoms with E-state index in [-0.39, 0.29) is 12.5 Å². The van der Waals surface area contributed by atoms with Crippen LogP contribution in [-0.4, -0.2) is 31.2 Å². The molecular formula is C16H17N3O3. The number of carbonyl (C=O) groups excluding carboxylic acids is 3. The molecule has 1 aliphatic heterocycles. The highest BCUT2D eigenvalue weighted by atomic mass is 16.2. The Morgan fingerprint density at radius 1 is 1.36 bits per heavy atom. The number of aryl methyl sites for hydroxylation is 1. The van der Waals surface area contributed by atoms with Crippen molar-refractivity contribution >= 4 is 23.3 Å². The maximum atomic E-state index is 12.3. The van der Waals surface area contributed by atoms with Gasteiger partial charge in [0, 0.05) is 19.2 Å². The van der Waals surface area contributed by atoms with Crippen LogP contribution in [0.2, 0.25) is 0 Å². The quantitative estimate of drug-likeness (QED) is 0.833. The smallest absolute Gasteiger partial charge is 0.244 e. The molecule has 1 heterocycles. The number of nitriles is 1. The molecule has 1 aliphatic rings. The van der Waals surface area contributed by atoms with E-state index >= 15 is 0 Å². The first-order chi connectivity index (χ1) is 10.6. The number of nitrogens with one attached hydrogen (secondary N) is 1. The molecule has 0 aliphatic carbocycles. The van der Waals surface area contributed by atoms with Gasteiger partial charge in [-0.1, -0.05) is 18.2 Å². The van der Waals surface area contributed by atoms with Crippen molar-refractivity contribution in [2.45, 2.75) is 19.3 Å². The number of carbonyl (C=O) groups is 3. The van der Waals surface area contributed by atoms with Crippen LogP contribution in [0, 0.1) is 17.2 Å². The lowest BCUT2D eigenvalue weighted by Gasteiger charge is -2.23. The number of fused-ring (bicyclic) bond motifs is 1. The number of amides is 2. The Kier molecular flexibility index (Phi) is 4.89. The average molecular weight is 299 g/mol. The molecule has 0 saturated carbocycles. The zero-order valence-corrected chi connectivity index (χ0v) is 12.3. The predicted octanol–water partition coefficient (Wildman–Crippen LogP) is 0.811. The summed E-state index contributed by atoms with van der Waals surface area (Å²) in [6, 6.07) is 9.09. The predicted molar refractivity (Wildman–Crippen MR) is 79.9 cm³/mol. The van der Waals surface area contributed by atoms with Gasteiger partial charge < -0.3 is 10.2 Å². The lowest BCUT2D eigenvalue weighted by atomic mass is 10.0. The molecule has 1 aromatic rings. The van der Waals surface area contributed by atoms with Gasteiger partial charge in [0.15, 0.2) is 11.7 Å². The van der Waals surface area contributed by atoms with E-state index in [0.29, 0.717) is 12.1 Å². The van der Waals surface area contributed by atoms with E-state index < -0.39 is 17.6 Å². The Labute approximate surface area is 128 Å². The lowest BCUT2D eigenvalue weighted by molar-refractivity contribution is -0.131. The molecule has 2 rings (SSSR count). The van der Waals surface area contributed by atoms with Crippen molar-refractivity contribution in [2.75, 3.05) is 18.5 Å². The normalized spacial score (nSPS) is 15.3. The Morgan fingerprint density at radius 3 is 2.77 bits per heavy atom. The van der Waals surface area contributed by atoms with Crippen LogP contribution in [0.3, 0.4) is 0 Å². The van der Waals surface area contributed by atoms with E-state index in [1.165, 1.54) is 11.9 Å². The number of benzene rings is 1. The number of ketones is 1. The van der Waals surface area contributed by atoms with Crippen LogP contribution >= 0.6 is 0 Å². The van der Waals surface area contributed by atoms with Gasteiger partial charge in [0.05, 0.1) is 12.6 Å². The Bertz CT molecular complexity index is 648. The van der Waals surface area contributed by atoms with Crippen LogP contribution in [0.4, 0.5) is 5.69 Å². The van der Waals surface area contributed by atoms with E-state index in [9.17, 15) is 14.4 Å². The van der Waals surface area contributed by atoms with Crippen molar-refractivity contribution in [2.24, 2.45) is 5.92 Å². The van der Waals surface area contributed by atoms with Crippen LogP contribution in [0.15, 0.2) is 24.3 Å². The molecular weight excluding hydrogens is 282 g/mol. The Hall–Kier alpha value is -2.68. The molecule has 6 heteroatoms. The van der Waals surface area contributed by atoms with Crippen molar-refractivity contribution < 1.29 is 14.4 Å². The number of nitrogens with zero attached hydrogens (tertiary/aromatic N) is 2.